The van der Waals surface area contributed by atoms with Crippen molar-refractivity contribution in [3.63, 3.8) is 0 Å². The molecule has 116 valence electrons. The Bertz CT molecular complexity index is 684. The van der Waals surface area contributed by atoms with Crippen LogP contribution in [0.25, 0.3) is 0 Å². The summed E-state index contributed by atoms with van der Waals surface area (Å²) < 4.78 is 15.8. The smallest absolute Gasteiger partial charge is 0.338 e. The van der Waals surface area contributed by atoms with Crippen LogP contribution in [0.5, 0.6) is 11.5 Å². The molecule has 0 spiro atoms. The number of hydrogen-bond donors (Lipinski definition) is 1. The van der Waals surface area contributed by atoms with Gasteiger partial charge in [-0.25, -0.2) is 9.79 Å². The van der Waals surface area contributed by atoms with Gasteiger partial charge in [0.05, 0.1) is 12.2 Å². The number of ether oxygens (including phenoxy) is 3. The molecular formula is C15H15ClN2O4. The van der Waals surface area contributed by atoms with Crippen molar-refractivity contribution < 1.29 is 19.0 Å². The Morgan fingerprint density at radius 3 is 3.00 bits per heavy atom. The van der Waals surface area contributed by atoms with Gasteiger partial charge in [-0.1, -0.05) is 6.07 Å². The second-order valence-electron chi connectivity index (χ2n) is 4.82. The number of nitrogens with zero attached hydrogens (tertiary/aromatic N) is 1. The molecular weight excluding hydrogens is 308 g/mol. The van der Waals surface area contributed by atoms with Crippen molar-refractivity contribution in [1.82, 2.24) is 5.32 Å². The topological polar surface area (TPSA) is 69.2 Å². The molecule has 1 aromatic carbocycles. The molecule has 22 heavy (non-hydrogen) atoms. The standard InChI is InChI=1S/C15H15ClN2O4/c1-3-20-14(19)12-8(2)17-15(16)18-13(12)9-4-5-10-11(6-9)22-7-21-10/h4-6,13H,3,7H2,1-2H3,(H,17,18). The van der Waals surface area contributed by atoms with E-state index in [2.05, 4.69) is 10.3 Å². The van der Waals surface area contributed by atoms with Crippen LogP contribution < -0.4 is 14.8 Å². The molecule has 2 aliphatic heterocycles. The fraction of sp³-hybridized carbons (Fsp3) is 0.333. The van der Waals surface area contributed by atoms with E-state index in [9.17, 15) is 4.79 Å². The Hall–Kier alpha value is -2.21. The first-order chi connectivity index (χ1) is 10.6. The summed E-state index contributed by atoms with van der Waals surface area (Å²) in [4.78, 5) is 16.6. The van der Waals surface area contributed by atoms with Gasteiger partial charge in [0.15, 0.2) is 16.8 Å². The third-order valence-electron chi connectivity index (χ3n) is 3.42. The van der Waals surface area contributed by atoms with Crippen molar-refractivity contribution in [3.05, 3.63) is 35.0 Å². The van der Waals surface area contributed by atoms with Crippen LogP contribution in [-0.2, 0) is 9.53 Å². The number of carbonyl (C=O) groups is 1. The highest BCUT2D eigenvalue weighted by Crippen LogP contribution is 2.38. The van der Waals surface area contributed by atoms with Gasteiger partial charge in [0.2, 0.25) is 6.79 Å². The van der Waals surface area contributed by atoms with E-state index < -0.39 is 12.0 Å². The van der Waals surface area contributed by atoms with Crippen LogP contribution in [0.1, 0.15) is 25.5 Å². The highest BCUT2D eigenvalue weighted by Gasteiger charge is 2.31. The van der Waals surface area contributed by atoms with Crippen molar-refractivity contribution in [2.24, 2.45) is 4.99 Å². The minimum Gasteiger partial charge on any atom is -0.463 e. The van der Waals surface area contributed by atoms with E-state index >= 15 is 0 Å². The molecule has 3 rings (SSSR count). The number of fused-ring (bicyclic) bond motifs is 1. The Balaban J connectivity index is 2.01. The molecule has 1 atom stereocenters. The number of amidine groups is 1. The Morgan fingerprint density at radius 1 is 1.45 bits per heavy atom. The van der Waals surface area contributed by atoms with Crippen molar-refractivity contribution in [1.29, 1.82) is 0 Å². The lowest BCUT2D eigenvalue weighted by Gasteiger charge is -2.24. The molecule has 1 N–H and O–H groups in total. The van der Waals surface area contributed by atoms with E-state index in [0.29, 0.717) is 29.4 Å². The van der Waals surface area contributed by atoms with Crippen LogP contribution in [0, 0.1) is 0 Å². The maximum absolute atomic E-state index is 12.2. The first kappa shape index (κ1) is 14.7. The predicted molar refractivity (Wildman–Crippen MR) is 81.1 cm³/mol. The maximum atomic E-state index is 12.2. The van der Waals surface area contributed by atoms with Gasteiger partial charge in [0, 0.05) is 5.70 Å². The van der Waals surface area contributed by atoms with Crippen LogP contribution >= 0.6 is 11.6 Å². The summed E-state index contributed by atoms with van der Waals surface area (Å²) >= 11 is 6.02. The minimum atomic E-state index is -0.540. The zero-order valence-corrected chi connectivity index (χ0v) is 12.9. The third kappa shape index (κ3) is 2.62. The number of allylic oxidation sites excluding steroid dienone is 1. The molecule has 0 aliphatic carbocycles. The monoisotopic (exact) mass is 322 g/mol. The molecule has 7 heteroatoms. The molecule has 1 aromatic rings. The van der Waals surface area contributed by atoms with Crippen LogP contribution in [0.3, 0.4) is 0 Å². The second-order valence-corrected chi connectivity index (χ2v) is 5.18. The van der Waals surface area contributed by atoms with Gasteiger partial charge in [0.25, 0.3) is 0 Å². The first-order valence-electron chi connectivity index (χ1n) is 6.88. The normalized spacial score (nSPS) is 19.6. The second kappa shape index (κ2) is 5.88. The molecule has 0 fully saturated rings. The molecule has 0 saturated carbocycles. The van der Waals surface area contributed by atoms with Crippen LogP contribution in [0.4, 0.5) is 0 Å². The van der Waals surface area contributed by atoms with Gasteiger partial charge >= 0.3 is 5.97 Å². The average molecular weight is 323 g/mol. The number of nitrogens with one attached hydrogen (secondary N) is 1. The number of esters is 1. The van der Waals surface area contributed by atoms with Gasteiger partial charge in [-0.15, -0.1) is 0 Å². The number of rotatable bonds is 3. The van der Waals surface area contributed by atoms with E-state index in [4.69, 9.17) is 25.8 Å². The molecule has 0 aromatic heterocycles. The van der Waals surface area contributed by atoms with E-state index in [1.165, 1.54) is 0 Å². The third-order valence-corrected chi connectivity index (χ3v) is 3.61. The van der Waals surface area contributed by atoms with E-state index in [1.807, 2.05) is 6.07 Å². The molecule has 6 nitrogen and oxygen atoms in total. The SMILES string of the molecule is CCOC(=O)C1=C(C)NC(Cl)=NC1c1ccc2c(c1)OCO2. The van der Waals surface area contributed by atoms with Crippen LogP contribution in [0.2, 0.25) is 0 Å². The summed E-state index contributed by atoms with van der Waals surface area (Å²) in [5.74, 6) is 0.887. The van der Waals surface area contributed by atoms with E-state index in [0.717, 1.165) is 5.56 Å². The lowest BCUT2D eigenvalue weighted by molar-refractivity contribution is -0.138. The minimum absolute atomic E-state index is 0.189. The molecule has 0 radical (unpaired) electrons. The van der Waals surface area contributed by atoms with Crippen LogP contribution in [-0.4, -0.2) is 24.7 Å². The summed E-state index contributed by atoms with van der Waals surface area (Å²) in [6, 6.07) is 4.89. The Morgan fingerprint density at radius 2 is 2.23 bits per heavy atom. The zero-order valence-electron chi connectivity index (χ0n) is 12.2. The summed E-state index contributed by atoms with van der Waals surface area (Å²) in [5, 5.41) is 3.09. The van der Waals surface area contributed by atoms with Crippen molar-refractivity contribution in [2.75, 3.05) is 13.4 Å². The summed E-state index contributed by atoms with van der Waals surface area (Å²) in [6.07, 6.45) is 0. The average Bonchev–Trinajstić information content (AvgIpc) is 2.93. The zero-order chi connectivity index (χ0) is 15.7. The molecule has 2 heterocycles. The number of aliphatic imine (C=N–C) groups is 1. The predicted octanol–water partition coefficient (Wildman–Crippen LogP) is 2.49. The number of benzene rings is 1. The maximum Gasteiger partial charge on any atom is 0.338 e. The molecule has 0 saturated heterocycles. The van der Waals surface area contributed by atoms with Gasteiger partial charge < -0.3 is 19.5 Å². The summed E-state index contributed by atoms with van der Waals surface area (Å²) in [7, 11) is 0. The summed E-state index contributed by atoms with van der Waals surface area (Å²) in [6.45, 7) is 4.01. The van der Waals surface area contributed by atoms with Gasteiger partial charge in [-0.2, -0.15) is 0 Å². The quantitative estimate of drug-likeness (QED) is 0.684. The highest BCUT2D eigenvalue weighted by atomic mass is 35.5. The first-order valence-corrected chi connectivity index (χ1v) is 7.25. The lowest BCUT2D eigenvalue weighted by Crippen LogP contribution is -2.29. The fourth-order valence-corrected chi connectivity index (χ4v) is 2.67. The molecule has 1 unspecified atom stereocenters. The largest absolute Gasteiger partial charge is 0.463 e. The van der Waals surface area contributed by atoms with Gasteiger partial charge in [-0.05, 0) is 43.1 Å². The Labute approximate surface area is 132 Å². The fourth-order valence-electron chi connectivity index (χ4n) is 2.44. The number of halogens is 1. The summed E-state index contributed by atoms with van der Waals surface area (Å²) in [5.41, 5.74) is 1.84. The number of carbonyl (C=O) groups excluding carboxylic acids is 1. The molecule has 0 bridgehead atoms. The molecule has 0 amide bonds. The number of hydrogen-bond acceptors (Lipinski definition) is 6. The van der Waals surface area contributed by atoms with Gasteiger partial charge in [0.1, 0.15) is 6.04 Å². The highest BCUT2D eigenvalue weighted by molar-refractivity contribution is 6.65. The van der Waals surface area contributed by atoms with Crippen LogP contribution in [0.15, 0.2) is 34.5 Å². The molecule has 2 aliphatic rings. The Kier molecular flexibility index (Phi) is 3.94. The van der Waals surface area contributed by atoms with E-state index in [1.54, 1.807) is 26.0 Å². The van der Waals surface area contributed by atoms with Gasteiger partial charge in [-0.3, -0.25) is 0 Å². The lowest BCUT2D eigenvalue weighted by atomic mass is 9.96. The van der Waals surface area contributed by atoms with Crippen molar-refractivity contribution >= 4 is 22.9 Å². The van der Waals surface area contributed by atoms with Crippen molar-refractivity contribution in [3.8, 4) is 11.5 Å². The van der Waals surface area contributed by atoms with Crippen molar-refractivity contribution in [2.45, 2.75) is 19.9 Å². The van der Waals surface area contributed by atoms with E-state index in [-0.39, 0.29) is 12.1 Å².